The Labute approximate surface area is 123 Å². The van der Waals surface area contributed by atoms with Gasteiger partial charge in [-0.1, -0.05) is 6.07 Å². The van der Waals surface area contributed by atoms with Crippen LogP contribution >= 0.6 is 0 Å². The second kappa shape index (κ2) is 6.22. The van der Waals surface area contributed by atoms with Gasteiger partial charge in [0.2, 0.25) is 0 Å². The molecule has 2 fully saturated rings. The van der Waals surface area contributed by atoms with Gasteiger partial charge in [-0.2, -0.15) is 0 Å². The molecule has 2 atom stereocenters. The van der Waals surface area contributed by atoms with Crippen molar-refractivity contribution >= 4 is 6.09 Å². The summed E-state index contributed by atoms with van der Waals surface area (Å²) in [5.41, 5.74) is 0.916. The van der Waals surface area contributed by atoms with Crippen molar-refractivity contribution in [1.82, 2.24) is 5.32 Å². The maximum Gasteiger partial charge on any atom is 0.407 e. The number of hydrogen-bond donors (Lipinski definition) is 1. The molecule has 0 radical (unpaired) electrons. The van der Waals surface area contributed by atoms with E-state index in [4.69, 9.17) is 18.9 Å². The third kappa shape index (κ3) is 3.21. The van der Waals surface area contributed by atoms with Gasteiger partial charge in [-0.25, -0.2) is 4.79 Å². The van der Waals surface area contributed by atoms with Crippen LogP contribution in [0, 0.1) is 0 Å². The van der Waals surface area contributed by atoms with Crippen LogP contribution < -0.4 is 14.8 Å². The standard InChI is InChI=1S/C15H19NO5/c1-18-13-3-2-10(12-4-6-16-15(17)21-12)8-14(13)20-11-5-7-19-9-11/h2-3,8,11-12H,4-7,9H2,1H3,(H,16,17). The second-order valence-corrected chi connectivity index (χ2v) is 5.12. The van der Waals surface area contributed by atoms with Crippen LogP contribution in [-0.2, 0) is 9.47 Å². The third-order valence-electron chi connectivity index (χ3n) is 3.67. The van der Waals surface area contributed by atoms with E-state index in [1.807, 2.05) is 18.2 Å². The fraction of sp³-hybridized carbons (Fsp3) is 0.533. The molecule has 0 saturated carbocycles. The minimum Gasteiger partial charge on any atom is -0.493 e. The first-order chi connectivity index (χ1) is 10.3. The smallest absolute Gasteiger partial charge is 0.407 e. The van der Waals surface area contributed by atoms with Gasteiger partial charge in [0.05, 0.1) is 20.3 Å². The maximum atomic E-state index is 11.3. The van der Waals surface area contributed by atoms with Gasteiger partial charge in [-0.05, 0) is 17.7 Å². The molecule has 114 valence electrons. The van der Waals surface area contributed by atoms with Gasteiger partial charge in [-0.15, -0.1) is 0 Å². The summed E-state index contributed by atoms with van der Waals surface area (Å²) in [4.78, 5) is 11.3. The van der Waals surface area contributed by atoms with Crippen molar-refractivity contribution in [3.63, 3.8) is 0 Å². The van der Waals surface area contributed by atoms with Crippen LogP contribution in [0.15, 0.2) is 18.2 Å². The van der Waals surface area contributed by atoms with E-state index in [1.54, 1.807) is 7.11 Å². The number of cyclic esters (lactones) is 1. The van der Waals surface area contributed by atoms with Crippen molar-refractivity contribution in [2.24, 2.45) is 0 Å². The monoisotopic (exact) mass is 293 g/mol. The lowest BCUT2D eigenvalue weighted by atomic mass is 10.0. The summed E-state index contributed by atoms with van der Waals surface area (Å²) in [6, 6.07) is 5.64. The minimum atomic E-state index is -0.381. The number of alkyl carbamates (subject to hydrolysis) is 1. The SMILES string of the molecule is COc1ccc(C2CCNC(=O)O2)cc1OC1CCOC1. The molecule has 1 amide bonds. The van der Waals surface area contributed by atoms with Gasteiger partial charge in [0.1, 0.15) is 12.2 Å². The largest absolute Gasteiger partial charge is 0.493 e. The Hall–Kier alpha value is -1.95. The zero-order valence-corrected chi connectivity index (χ0v) is 12.0. The van der Waals surface area contributed by atoms with Crippen molar-refractivity contribution in [2.45, 2.75) is 25.0 Å². The van der Waals surface area contributed by atoms with Crippen LogP contribution in [0.2, 0.25) is 0 Å². The van der Waals surface area contributed by atoms with Gasteiger partial charge < -0.3 is 24.3 Å². The summed E-state index contributed by atoms with van der Waals surface area (Å²) >= 11 is 0. The van der Waals surface area contributed by atoms with E-state index in [9.17, 15) is 4.79 Å². The molecule has 1 N–H and O–H groups in total. The first-order valence-electron chi connectivity index (χ1n) is 7.13. The van der Waals surface area contributed by atoms with Gasteiger partial charge in [0, 0.05) is 19.4 Å². The molecule has 0 aromatic heterocycles. The van der Waals surface area contributed by atoms with E-state index in [-0.39, 0.29) is 18.3 Å². The number of benzene rings is 1. The zero-order valence-electron chi connectivity index (χ0n) is 12.0. The number of methoxy groups -OCH3 is 1. The third-order valence-corrected chi connectivity index (χ3v) is 3.67. The van der Waals surface area contributed by atoms with Gasteiger partial charge in [0.15, 0.2) is 11.5 Å². The molecule has 1 aromatic carbocycles. The Morgan fingerprint density at radius 1 is 1.29 bits per heavy atom. The van der Waals surface area contributed by atoms with Crippen LogP contribution in [0.4, 0.5) is 4.79 Å². The predicted octanol–water partition coefficient (Wildman–Crippen LogP) is 2.03. The van der Waals surface area contributed by atoms with Crippen LogP contribution in [0.1, 0.15) is 24.5 Å². The fourth-order valence-electron chi connectivity index (χ4n) is 2.54. The molecular weight excluding hydrogens is 274 g/mol. The van der Waals surface area contributed by atoms with Crippen molar-refractivity contribution in [2.75, 3.05) is 26.9 Å². The predicted molar refractivity (Wildman–Crippen MR) is 74.7 cm³/mol. The van der Waals surface area contributed by atoms with Crippen LogP contribution in [0.25, 0.3) is 0 Å². The van der Waals surface area contributed by atoms with Gasteiger partial charge in [0.25, 0.3) is 0 Å². The topological polar surface area (TPSA) is 66.0 Å². The number of carbonyl (C=O) groups is 1. The molecule has 21 heavy (non-hydrogen) atoms. The van der Waals surface area contributed by atoms with E-state index >= 15 is 0 Å². The molecule has 2 saturated heterocycles. The number of hydrogen-bond acceptors (Lipinski definition) is 5. The van der Waals surface area contributed by atoms with Crippen molar-refractivity contribution in [1.29, 1.82) is 0 Å². The summed E-state index contributed by atoms with van der Waals surface area (Å²) in [6.07, 6.45) is 1.03. The highest BCUT2D eigenvalue weighted by Crippen LogP contribution is 2.34. The van der Waals surface area contributed by atoms with Crippen molar-refractivity contribution < 1.29 is 23.7 Å². The zero-order chi connectivity index (χ0) is 14.7. The number of carbonyl (C=O) groups excluding carboxylic acids is 1. The molecule has 2 aliphatic rings. The fourth-order valence-corrected chi connectivity index (χ4v) is 2.54. The number of rotatable bonds is 4. The first kappa shape index (κ1) is 14.0. The summed E-state index contributed by atoms with van der Waals surface area (Å²) in [7, 11) is 1.61. The molecule has 0 aliphatic carbocycles. The maximum absolute atomic E-state index is 11.3. The Kier molecular flexibility index (Phi) is 4.15. The van der Waals surface area contributed by atoms with Crippen LogP contribution in [0.3, 0.4) is 0 Å². The molecular formula is C15H19NO5. The lowest BCUT2D eigenvalue weighted by Gasteiger charge is -2.24. The molecule has 2 aliphatic heterocycles. The van der Waals surface area contributed by atoms with Gasteiger partial charge >= 0.3 is 6.09 Å². The molecule has 6 nitrogen and oxygen atoms in total. The summed E-state index contributed by atoms with van der Waals surface area (Å²) in [5.74, 6) is 1.34. The molecule has 2 heterocycles. The van der Waals surface area contributed by atoms with E-state index in [0.717, 1.165) is 25.0 Å². The van der Waals surface area contributed by atoms with E-state index in [0.29, 0.717) is 24.7 Å². The molecule has 1 aromatic rings. The Morgan fingerprint density at radius 2 is 2.19 bits per heavy atom. The number of ether oxygens (including phenoxy) is 4. The second-order valence-electron chi connectivity index (χ2n) is 5.12. The van der Waals surface area contributed by atoms with Crippen LogP contribution in [-0.4, -0.2) is 39.1 Å². The summed E-state index contributed by atoms with van der Waals surface area (Å²) < 4.78 is 21.9. The summed E-state index contributed by atoms with van der Waals surface area (Å²) in [6.45, 7) is 1.93. The number of nitrogens with one attached hydrogen (secondary N) is 1. The molecule has 6 heteroatoms. The van der Waals surface area contributed by atoms with Crippen LogP contribution in [0.5, 0.6) is 11.5 Å². The van der Waals surface area contributed by atoms with E-state index in [1.165, 1.54) is 0 Å². The van der Waals surface area contributed by atoms with E-state index in [2.05, 4.69) is 5.32 Å². The van der Waals surface area contributed by atoms with E-state index < -0.39 is 0 Å². The minimum absolute atomic E-state index is 0.0460. The van der Waals surface area contributed by atoms with Crippen molar-refractivity contribution in [3.05, 3.63) is 23.8 Å². The molecule has 2 unspecified atom stereocenters. The average molecular weight is 293 g/mol. The highest BCUT2D eigenvalue weighted by molar-refractivity contribution is 5.68. The quantitative estimate of drug-likeness (QED) is 0.920. The lowest BCUT2D eigenvalue weighted by molar-refractivity contribution is 0.0734. The molecule has 0 bridgehead atoms. The summed E-state index contributed by atoms with van der Waals surface area (Å²) in [5, 5.41) is 2.64. The van der Waals surface area contributed by atoms with Gasteiger partial charge in [-0.3, -0.25) is 0 Å². The Balaban J connectivity index is 1.79. The van der Waals surface area contributed by atoms with Crippen molar-refractivity contribution in [3.8, 4) is 11.5 Å². The first-order valence-corrected chi connectivity index (χ1v) is 7.13. The highest BCUT2D eigenvalue weighted by Gasteiger charge is 2.24. The lowest BCUT2D eigenvalue weighted by Crippen LogP contribution is -2.33. The molecule has 3 rings (SSSR count). The normalized spacial score (nSPS) is 25.1. The number of amides is 1. The highest BCUT2D eigenvalue weighted by atomic mass is 16.6. The average Bonchev–Trinajstić information content (AvgIpc) is 3.00. The Bertz CT molecular complexity index is 513. The Morgan fingerprint density at radius 3 is 2.90 bits per heavy atom. The molecule has 0 spiro atoms.